The Morgan fingerprint density at radius 2 is 1.18 bits per heavy atom. The number of carbonyl (C=O) groups is 4. The Morgan fingerprint density at radius 3 is 1.59 bits per heavy atom. The Labute approximate surface area is 354 Å². The molecule has 2 fully saturated rings. The molecule has 2 aliphatic carbocycles. The van der Waals surface area contributed by atoms with Crippen LogP contribution in [0.4, 0.5) is 28.6 Å². The first-order valence-corrected chi connectivity index (χ1v) is 19.2. The van der Waals surface area contributed by atoms with Crippen LogP contribution in [0.15, 0.2) is 73.6 Å². The van der Waals surface area contributed by atoms with E-state index in [-0.39, 0.29) is 40.6 Å². The normalized spacial score (nSPS) is 12.6. The molecule has 0 spiro atoms. The van der Waals surface area contributed by atoms with Crippen molar-refractivity contribution in [1.82, 2.24) is 51.0 Å². The molecule has 2 saturated carbocycles. The maximum absolute atomic E-state index is 12.4. The van der Waals surface area contributed by atoms with Crippen molar-refractivity contribution < 1.29 is 28.7 Å². The minimum absolute atomic E-state index is 0.0421. The number of ether oxygens (including phenoxy) is 2. The van der Waals surface area contributed by atoms with Gasteiger partial charge in [0.05, 0.1) is 59.2 Å². The topological polar surface area (TPSA) is 282 Å². The number of halogens is 1. The number of pyridine rings is 2. The monoisotopic (exact) mass is 850 g/mol. The summed E-state index contributed by atoms with van der Waals surface area (Å²) < 4.78 is 11.1. The van der Waals surface area contributed by atoms with Crippen molar-refractivity contribution in [2.45, 2.75) is 25.7 Å². The third-order valence-corrected chi connectivity index (χ3v) is 9.42. The van der Waals surface area contributed by atoms with Crippen molar-refractivity contribution in [3.63, 3.8) is 0 Å². The molecule has 2 aliphatic rings. The number of nitrogens with one attached hydrogen (secondary N) is 7. The smallest absolute Gasteiger partial charge is 0.254 e. The summed E-state index contributed by atoms with van der Waals surface area (Å²) >= 11 is 5.98. The van der Waals surface area contributed by atoms with Crippen LogP contribution in [-0.2, 0) is 9.59 Å². The van der Waals surface area contributed by atoms with Gasteiger partial charge < -0.3 is 41.8 Å². The number of amides is 4. The highest BCUT2D eigenvalue weighted by atomic mass is 35.5. The van der Waals surface area contributed by atoms with Gasteiger partial charge in [0.1, 0.15) is 23.6 Å². The quantitative estimate of drug-likeness (QED) is 0.0722. The second-order valence-electron chi connectivity index (χ2n) is 13.5. The Kier molecular flexibility index (Phi) is 14.0. The van der Waals surface area contributed by atoms with Gasteiger partial charge in [-0.05, 0) is 56.0 Å². The predicted molar refractivity (Wildman–Crippen MR) is 227 cm³/mol. The van der Waals surface area contributed by atoms with E-state index in [1.54, 1.807) is 40.4 Å². The van der Waals surface area contributed by atoms with E-state index < -0.39 is 0 Å². The average Bonchev–Trinajstić information content (AvgIpc) is 4.19. The average molecular weight is 851 g/mol. The molecule has 9 N–H and O–H groups in total. The molecule has 20 nitrogen and oxygen atoms in total. The highest BCUT2D eigenvalue weighted by molar-refractivity contribution is 6.29. The van der Waals surface area contributed by atoms with Crippen LogP contribution in [0.2, 0.25) is 5.15 Å². The van der Waals surface area contributed by atoms with Crippen molar-refractivity contribution in [2.75, 3.05) is 44.3 Å². The van der Waals surface area contributed by atoms with E-state index in [4.69, 9.17) is 26.8 Å². The van der Waals surface area contributed by atoms with Gasteiger partial charge in [-0.3, -0.25) is 29.4 Å². The zero-order valence-corrected chi connectivity index (χ0v) is 34.3. The van der Waals surface area contributed by atoms with Crippen molar-refractivity contribution in [3.8, 4) is 34.3 Å². The van der Waals surface area contributed by atoms with Crippen molar-refractivity contribution in [3.05, 3.63) is 89.9 Å². The summed E-state index contributed by atoms with van der Waals surface area (Å²) in [6, 6.07) is 14.2. The van der Waals surface area contributed by atoms with Crippen LogP contribution < -0.4 is 41.8 Å². The fourth-order valence-corrected chi connectivity index (χ4v) is 5.94. The van der Waals surface area contributed by atoms with E-state index in [1.807, 2.05) is 36.4 Å². The molecule has 0 saturated heterocycles. The number of nitrogens with two attached hydrogens (primary N) is 1. The van der Waals surface area contributed by atoms with Crippen molar-refractivity contribution >= 4 is 63.8 Å². The van der Waals surface area contributed by atoms with Gasteiger partial charge >= 0.3 is 0 Å². The number of hydrogen-bond acceptors (Lipinski definition) is 14. The SMILES string of the molecule is CNC(=O)c1cnc(Cl)cc1Nc1cccc(-c2ncn[nH]2)c1OC.CNC(=O)c1cnc(NC(=O)C2CC2)cc1Nc1cccc(-c2ncn[nH]2)c1OC.NC(=O)C1CC1. The lowest BCUT2D eigenvalue weighted by atomic mass is 10.1. The third kappa shape index (κ3) is 10.9. The number of hydrogen-bond donors (Lipinski definition) is 8. The lowest BCUT2D eigenvalue weighted by molar-refractivity contribution is -0.119. The Bertz CT molecular complexity index is 2490. The molecular weight excluding hydrogens is 808 g/mol. The molecule has 4 amide bonds. The predicted octanol–water partition coefficient (Wildman–Crippen LogP) is 4.84. The number of methoxy groups -OCH3 is 2. The third-order valence-electron chi connectivity index (χ3n) is 9.21. The molecule has 0 unspecified atom stereocenters. The molecule has 316 valence electrons. The number of H-pyrrole nitrogens is 2. The number of aromatic nitrogens is 8. The molecule has 4 heterocycles. The Hall–Kier alpha value is -7.61. The summed E-state index contributed by atoms with van der Waals surface area (Å²) in [6.07, 6.45) is 9.49. The standard InChI is InChI=1S/C20H21N7O3.C16H15ClN6O2.C4H7NO/c1-21-20(29)13-9-22-16(26-19(28)11-6-7-11)8-15(13)25-14-5-3-4-12(17(14)30-2)18-23-10-24-27-18;1-18-16(24)10-7-19-13(17)6-12(10)22-11-5-3-4-9(14(11)25-2)15-20-8-21-23-15;5-4(6)3-1-2-3/h3-5,8-11H,6-7H2,1-2H3,(H,21,29)(H,23,24,27)(H2,22,25,26,28);3-8H,1-2H3,(H,18,24)(H,19,22)(H,20,21,23);3H,1-2H2,(H2,5,6). The molecule has 0 aliphatic heterocycles. The number of nitrogens with zero attached hydrogens (tertiary/aromatic N) is 6. The molecule has 2 aromatic carbocycles. The molecule has 4 aromatic heterocycles. The highest BCUT2D eigenvalue weighted by Gasteiger charge is 2.30. The van der Waals surface area contributed by atoms with Crippen LogP contribution in [0.1, 0.15) is 46.4 Å². The molecule has 61 heavy (non-hydrogen) atoms. The van der Waals surface area contributed by atoms with E-state index >= 15 is 0 Å². The maximum atomic E-state index is 12.4. The van der Waals surface area contributed by atoms with Crippen LogP contribution in [0.5, 0.6) is 11.5 Å². The first-order chi connectivity index (χ1) is 29.5. The largest absolute Gasteiger partial charge is 0.494 e. The summed E-state index contributed by atoms with van der Waals surface area (Å²) in [5.74, 6) is 2.06. The maximum Gasteiger partial charge on any atom is 0.254 e. The zero-order chi connectivity index (χ0) is 43.5. The van der Waals surface area contributed by atoms with E-state index in [2.05, 4.69) is 66.9 Å². The van der Waals surface area contributed by atoms with E-state index in [0.717, 1.165) is 31.2 Å². The Morgan fingerprint density at radius 1 is 0.689 bits per heavy atom. The summed E-state index contributed by atoms with van der Waals surface area (Å²) in [5.41, 5.74) is 9.22. The first kappa shape index (κ1) is 43.0. The molecule has 0 atom stereocenters. The summed E-state index contributed by atoms with van der Waals surface area (Å²) in [5, 5.41) is 28.0. The highest BCUT2D eigenvalue weighted by Crippen LogP contribution is 2.39. The first-order valence-electron chi connectivity index (χ1n) is 18.8. The number of para-hydroxylation sites is 2. The van der Waals surface area contributed by atoms with Gasteiger partial charge in [-0.15, -0.1) is 0 Å². The lowest BCUT2D eigenvalue weighted by Gasteiger charge is -2.17. The molecule has 6 aromatic rings. The summed E-state index contributed by atoms with van der Waals surface area (Å²) in [7, 11) is 6.19. The second-order valence-corrected chi connectivity index (χ2v) is 13.8. The fourth-order valence-electron chi connectivity index (χ4n) is 5.78. The van der Waals surface area contributed by atoms with Crippen LogP contribution in [0.25, 0.3) is 22.8 Å². The van der Waals surface area contributed by atoms with E-state index in [0.29, 0.717) is 68.4 Å². The zero-order valence-electron chi connectivity index (χ0n) is 33.5. The lowest BCUT2D eigenvalue weighted by Crippen LogP contribution is -2.20. The van der Waals surface area contributed by atoms with Gasteiger partial charge in [-0.25, -0.2) is 19.9 Å². The second kappa shape index (κ2) is 19.9. The van der Waals surface area contributed by atoms with Crippen LogP contribution >= 0.6 is 11.6 Å². The van der Waals surface area contributed by atoms with Crippen LogP contribution in [-0.4, -0.2) is 92.3 Å². The number of rotatable bonds is 13. The minimum Gasteiger partial charge on any atom is -0.494 e. The van der Waals surface area contributed by atoms with Crippen LogP contribution in [0.3, 0.4) is 0 Å². The molecule has 21 heteroatoms. The molecule has 0 bridgehead atoms. The van der Waals surface area contributed by atoms with Crippen molar-refractivity contribution in [2.24, 2.45) is 17.6 Å². The van der Waals surface area contributed by atoms with Gasteiger partial charge in [0.2, 0.25) is 11.8 Å². The molecule has 8 rings (SSSR count). The van der Waals surface area contributed by atoms with E-state index in [1.165, 1.54) is 25.0 Å². The van der Waals surface area contributed by atoms with Gasteiger partial charge in [0.25, 0.3) is 11.8 Å². The molecule has 0 radical (unpaired) electrons. The van der Waals surface area contributed by atoms with Crippen LogP contribution in [0, 0.1) is 11.8 Å². The number of benzene rings is 2. The van der Waals surface area contributed by atoms with E-state index in [9.17, 15) is 19.2 Å². The summed E-state index contributed by atoms with van der Waals surface area (Å²) in [4.78, 5) is 63.0. The van der Waals surface area contributed by atoms with Gasteiger partial charge in [0.15, 0.2) is 23.1 Å². The van der Waals surface area contributed by atoms with Gasteiger partial charge in [-0.1, -0.05) is 23.7 Å². The number of anilines is 5. The molecular formula is C40H43ClN14O6. The number of aromatic amines is 2. The van der Waals surface area contributed by atoms with Gasteiger partial charge in [-0.2, -0.15) is 10.2 Å². The number of carbonyl (C=O) groups excluding carboxylic acids is 4. The number of primary amides is 1. The van der Waals surface area contributed by atoms with Crippen molar-refractivity contribution in [1.29, 1.82) is 0 Å². The Balaban J connectivity index is 0.000000181. The summed E-state index contributed by atoms with van der Waals surface area (Å²) in [6.45, 7) is 0. The van der Waals surface area contributed by atoms with Gasteiger partial charge in [0, 0.05) is 44.4 Å². The minimum atomic E-state index is -0.310. The fraction of sp³-hybridized carbons (Fsp3) is 0.250.